The number of aliphatic hydroxyl groups is 2. The molecule has 0 aliphatic carbocycles. The maximum atomic E-state index is 10.8. The van der Waals surface area contributed by atoms with Crippen LogP contribution in [-0.4, -0.2) is 52.4 Å². The minimum Gasteiger partial charge on any atom is -0.390 e. The van der Waals surface area contributed by atoms with Crippen LogP contribution in [-0.2, 0) is 4.79 Å². The van der Waals surface area contributed by atoms with Crippen molar-refractivity contribution in [3.63, 3.8) is 0 Å². The number of carbonyl (C=O) groups is 1. The van der Waals surface area contributed by atoms with E-state index in [1.54, 1.807) is 11.8 Å². The molecule has 1 saturated heterocycles. The summed E-state index contributed by atoms with van der Waals surface area (Å²) in [5.41, 5.74) is 5.12. The molecule has 0 bridgehead atoms. The van der Waals surface area contributed by atoms with E-state index >= 15 is 0 Å². The van der Waals surface area contributed by atoms with Crippen molar-refractivity contribution in [3.05, 3.63) is 0 Å². The van der Waals surface area contributed by atoms with Crippen molar-refractivity contribution >= 4 is 5.91 Å². The highest BCUT2D eigenvalue weighted by atomic mass is 16.3. The number of aliphatic hydroxyl groups excluding tert-OH is 2. The third-order valence-electron chi connectivity index (χ3n) is 2.54. The van der Waals surface area contributed by atoms with Gasteiger partial charge in [-0.2, -0.15) is 0 Å². The number of amides is 1. The average Bonchev–Trinajstić information content (AvgIpc) is 2.08. The molecule has 76 valence electrons. The minimum absolute atomic E-state index is 0.311. The van der Waals surface area contributed by atoms with E-state index in [1.165, 1.54) is 0 Å². The summed E-state index contributed by atoms with van der Waals surface area (Å²) in [4.78, 5) is 12.6. The second-order valence-electron chi connectivity index (χ2n) is 3.50. The van der Waals surface area contributed by atoms with E-state index in [0.29, 0.717) is 19.5 Å². The van der Waals surface area contributed by atoms with E-state index in [0.717, 1.165) is 0 Å². The Morgan fingerprint density at radius 3 is 2.62 bits per heavy atom. The summed E-state index contributed by atoms with van der Waals surface area (Å²) in [5.74, 6) is -0.399. The third-order valence-corrected chi connectivity index (χ3v) is 2.54. The first-order valence-corrected chi connectivity index (χ1v) is 4.42. The molecular weight excluding hydrogens is 172 g/mol. The first kappa shape index (κ1) is 10.4. The lowest BCUT2D eigenvalue weighted by Crippen LogP contribution is -2.53. The molecule has 1 amide bonds. The fourth-order valence-corrected chi connectivity index (χ4v) is 1.48. The van der Waals surface area contributed by atoms with E-state index in [-0.39, 0.29) is 6.04 Å². The van der Waals surface area contributed by atoms with Gasteiger partial charge in [-0.15, -0.1) is 0 Å². The van der Waals surface area contributed by atoms with Crippen LogP contribution in [0.3, 0.4) is 0 Å². The van der Waals surface area contributed by atoms with Crippen LogP contribution in [0.5, 0.6) is 0 Å². The van der Waals surface area contributed by atoms with Crippen LogP contribution < -0.4 is 5.73 Å². The van der Waals surface area contributed by atoms with Crippen LogP contribution >= 0.6 is 0 Å². The molecule has 3 atom stereocenters. The molecule has 13 heavy (non-hydrogen) atoms. The lowest BCUT2D eigenvalue weighted by molar-refractivity contribution is -0.125. The molecule has 1 aliphatic heterocycles. The number of β-amino-alcohol motifs (C(OH)–C–C–N with tert-alkyl or cyclic N) is 1. The van der Waals surface area contributed by atoms with Crippen LogP contribution in [0.15, 0.2) is 0 Å². The van der Waals surface area contributed by atoms with Crippen LogP contribution in [0.2, 0.25) is 0 Å². The summed E-state index contributed by atoms with van der Waals surface area (Å²) in [6.07, 6.45) is -0.953. The summed E-state index contributed by atoms with van der Waals surface area (Å²) >= 11 is 0. The largest absolute Gasteiger partial charge is 0.390 e. The lowest BCUT2D eigenvalue weighted by Gasteiger charge is -2.35. The highest BCUT2D eigenvalue weighted by molar-refractivity contribution is 5.79. The van der Waals surface area contributed by atoms with Gasteiger partial charge in [-0.25, -0.2) is 0 Å². The third kappa shape index (κ3) is 2.40. The average molecular weight is 188 g/mol. The summed E-state index contributed by atoms with van der Waals surface area (Å²) in [6, 6.07) is -0.373. The number of likely N-dealkylation sites (tertiary alicyclic amines) is 1. The highest BCUT2D eigenvalue weighted by Crippen LogP contribution is 2.13. The Kier molecular flexibility index (Phi) is 3.24. The van der Waals surface area contributed by atoms with Crippen LogP contribution in [0.1, 0.15) is 13.3 Å². The monoisotopic (exact) mass is 188 g/mol. The molecule has 1 rings (SSSR count). The Labute approximate surface area is 77.1 Å². The predicted octanol–water partition coefficient (Wildman–Crippen LogP) is -1.71. The summed E-state index contributed by atoms with van der Waals surface area (Å²) in [5, 5.41) is 18.6. The van der Waals surface area contributed by atoms with Gasteiger partial charge in [0.2, 0.25) is 5.91 Å². The number of hydrogen-bond acceptors (Lipinski definition) is 4. The Balaban J connectivity index is 2.50. The fourth-order valence-electron chi connectivity index (χ4n) is 1.48. The predicted molar refractivity (Wildman–Crippen MR) is 46.9 cm³/mol. The number of primary amides is 1. The van der Waals surface area contributed by atoms with E-state index in [2.05, 4.69) is 0 Å². The van der Waals surface area contributed by atoms with Gasteiger partial charge in [0.1, 0.15) is 0 Å². The van der Waals surface area contributed by atoms with Crippen molar-refractivity contribution in [1.29, 1.82) is 0 Å². The van der Waals surface area contributed by atoms with Crippen molar-refractivity contribution in [1.82, 2.24) is 4.90 Å². The molecule has 0 aromatic rings. The first-order chi connectivity index (χ1) is 6.02. The van der Waals surface area contributed by atoms with Gasteiger partial charge in [0, 0.05) is 13.1 Å². The Morgan fingerprint density at radius 1 is 1.54 bits per heavy atom. The van der Waals surface area contributed by atoms with Crippen molar-refractivity contribution in [3.8, 4) is 0 Å². The maximum absolute atomic E-state index is 10.8. The van der Waals surface area contributed by atoms with Gasteiger partial charge in [-0.05, 0) is 13.3 Å². The smallest absolute Gasteiger partial charge is 0.234 e. The van der Waals surface area contributed by atoms with Crippen LogP contribution in [0, 0.1) is 0 Å². The molecule has 0 spiro atoms. The molecule has 4 N–H and O–H groups in total. The SMILES string of the molecule is CC(C(N)=O)N1CC[C@@H](O)[C@@H](O)C1. The van der Waals surface area contributed by atoms with Gasteiger partial charge in [-0.1, -0.05) is 0 Å². The van der Waals surface area contributed by atoms with Crippen LogP contribution in [0.4, 0.5) is 0 Å². The molecule has 5 nitrogen and oxygen atoms in total. The molecular formula is C8H16N2O3. The summed E-state index contributed by atoms with van der Waals surface area (Å²) in [6.45, 7) is 2.61. The highest BCUT2D eigenvalue weighted by Gasteiger charge is 2.30. The van der Waals surface area contributed by atoms with Gasteiger partial charge in [-0.3, -0.25) is 9.69 Å². The molecule has 0 saturated carbocycles. The zero-order valence-electron chi connectivity index (χ0n) is 7.68. The quantitative estimate of drug-likeness (QED) is 0.481. The second-order valence-corrected chi connectivity index (χ2v) is 3.50. The van der Waals surface area contributed by atoms with E-state index < -0.39 is 18.1 Å². The summed E-state index contributed by atoms with van der Waals surface area (Å²) < 4.78 is 0. The number of carbonyl (C=O) groups excluding carboxylic acids is 1. The second kappa shape index (κ2) is 4.04. The number of hydrogen-bond donors (Lipinski definition) is 3. The van der Waals surface area contributed by atoms with Crippen molar-refractivity contribution in [2.45, 2.75) is 31.6 Å². The van der Waals surface area contributed by atoms with Crippen LogP contribution in [0.25, 0.3) is 0 Å². The van der Waals surface area contributed by atoms with Crippen molar-refractivity contribution in [2.24, 2.45) is 5.73 Å². The van der Waals surface area contributed by atoms with E-state index in [9.17, 15) is 15.0 Å². The van der Waals surface area contributed by atoms with Crippen molar-refractivity contribution < 1.29 is 15.0 Å². The topological polar surface area (TPSA) is 86.8 Å². The Bertz CT molecular complexity index is 198. The molecule has 1 unspecified atom stereocenters. The van der Waals surface area contributed by atoms with Gasteiger partial charge in [0.05, 0.1) is 18.2 Å². The van der Waals surface area contributed by atoms with Gasteiger partial charge in [0.15, 0.2) is 0 Å². The molecule has 0 aromatic carbocycles. The van der Waals surface area contributed by atoms with Crippen molar-refractivity contribution in [2.75, 3.05) is 13.1 Å². The van der Waals surface area contributed by atoms with Gasteiger partial charge in [0.25, 0.3) is 0 Å². The number of nitrogens with zero attached hydrogens (tertiary/aromatic N) is 1. The zero-order valence-corrected chi connectivity index (χ0v) is 7.68. The molecule has 5 heteroatoms. The van der Waals surface area contributed by atoms with Gasteiger partial charge >= 0.3 is 0 Å². The Hall–Kier alpha value is -0.650. The minimum atomic E-state index is -0.768. The number of rotatable bonds is 2. The molecule has 1 fully saturated rings. The number of piperidine rings is 1. The molecule has 0 aromatic heterocycles. The van der Waals surface area contributed by atoms with Gasteiger partial charge < -0.3 is 15.9 Å². The maximum Gasteiger partial charge on any atom is 0.234 e. The standard InChI is InChI=1S/C8H16N2O3/c1-5(8(9)13)10-3-2-6(11)7(12)4-10/h5-7,11-12H,2-4H2,1H3,(H2,9,13)/t5?,6-,7+/m1/s1. The molecule has 1 aliphatic rings. The summed E-state index contributed by atoms with van der Waals surface area (Å²) in [7, 11) is 0. The fraction of sp³-hybridized carbons (Fsp3) is 0.875. The van der Waals surface area contributed by atoms with E-state index in [1.807, 2.05) is 0 Å². The first-order valence-electron chi connectivity index (χ1n) is 4.42. The lowest BCUT2D eigenvalue weighted by atomic mass is 10.0. The van der Waals surface area contributed by atoms with E-state index in [4.69, 9.17) is 5.73 Å². The number of nitrogens with two attached hydrogens (primary N) is 1. The Morgan fingerprint density at radius 2 is 2.15 bits per heavy atom. The zero-order chi connectivity index (χ0) is 10.0. The normalized spacial score (nSPS) is 32.8. The molecule has 0 radical (unpaired) electrons. The molecule has 1 heterocycles.